The summed E-state index contributed by atoms with van der Waals surface area (Å²) in [5.74, 6) is 0.353. The average molecular weight is 333 g/mol. The number of hydrogen-bond donors (Lipinski definition) is 2. The molecule has 0 saturated heterocycles. The molecule has 23 heavy (non-hydrogen) atoms. The number of carbonyl (C=O) groups excluding carboxylic acids is 1. The molecule has 1 aromatic heterocycles. The van der Waals surface area contributed by atoms with Gasteiger partial charge < -0.3 is 0 Å². The lowest BCUT2D eigenvalue weighted by Crippen LogP contribution is -2.34. The number of hydrogen-bond acceptors (Lipinski definition) is 4. The summed E-state index contributed by atoms with van der Waals surface area (Å²) in [7, 11) is -3.91. The lowest BCUT2D eigenvalue weighted by molar-refractivity contribution is 0.256. The standard InChI is InChI=1S/C16H19N3O3S/c1-10-11(2)13(4)17-15(12(10)3)18-16(20)19-23(21,22)14-8-6-5-7-9-14/h5-9H,1-4H3,(H2,17,18,19,20). The van der Waals surface area contributed by atoms with Gasteiger partial charge in [0.25, 0.3) is 10.0 Å². The molecule has 0 spiro atoms. The summed E-state index contributed by atoms with van der Waals surface area (Å²) in [6.45, 7) is 7.55. The third-order valence-corrected chi connectivity index (χ3v) is 5.16. The SMILES string of the molecule is Cc1nc(NC(=O)NS(=O)(=O)c2ccccc2)c(C)c(C)c1C. The molecule has 6 nitrogen and oxygen atoms in total. The maximum Gasteiger partial charge on any atom is 0.334 e. The zero-order valence-corrected chi connectivity index (χ0v) is 14.3. The van der Waals surface area contributed by atoms with Crippen molar-refractivity contribution in [2.24, 2.45) is 0 Å². The Morgan fingerprint density at radius 1 is 0.957 bits per heavy atom. The predicted molar refractivity (Wildman–Crippen MR) is 89.0 cm³/mol. The van der Waals surface area contributed by atoms with Crippen LogP contribution in [-0.4, -0.2) is 19.4 Å². The topological polar surface area (TPSA) is 88.2 Å². The Morgan fingerprint density at radius 3 is 2.17 bits per heavy atom. The number of benzene rings is 1. The van der Waals surface area contributed by atoms with E-state index in [0.29, 0.717) is 5.82 Å². The Morgan fingerprint density at radius 2 is 1.57 bits per heavy atom. The number of anilines is 1. The normalized spacial score (nSPS) is 11.1. The number of aromatic nitrogens is 1. The molecular weight excluding hydrogens is 314 g/mol. The fourth-order valence-electron chi connectivity index (χ4n) is 2.10. The molecule has 0 unspecified atom stereocenters. The lowest BCUT2D eigenvalue weighted by atomic mass is 10.0. The monoisotopic (exact) mass is 333 g/mol. The molecule has 2 aromatic rings. The molecule has 0 aliphatic carbocycles. The number of pyridine rings is 1. The van der Waals surface area contributed by atoms with Crippen molar-refractivity contribution in [1.82, 2.24) is 9.71 Å². The molecule has 0 bridgehead atoms. The van der Waals surface area contributed by atoms with Crippen LogP contribution in [0.5, 0.6) is 0 Å². The highest BCUT2D eigenvalue weighted by atomic mass is 32.2. The van der Waals surface area contributed by atoms with Gasteiger partial charge in [0.1, 0.15) is 5.82 Å². The van der Waals surface area contributed by atoms with Crippen molar-refractivity contribution in [3.8, 4) is 0 Å². The Balaban J connectivity index is 2.21. The minimum absolute atomic E-state index is 0.0242. The summed E-state index contributed by atoms with van der Waals surface area (Å²) >= 11 is 0. The zero-order valence-electron chi connectivity index (χ0n) is 13.5. The fourth-order valence-corrected chi connectivity index (χ4v) is 3.03. The van der Waals surface area contributed by atoms with Crippen LogP contribution in [0, 0.1) is 27.7 Å². The van der Waals surface area contributed by atoms with Crippen LogP contribution in [0.25, 0.3) is 0 Å². The molecule has 2 N–H and O–H groups in total. The Kier molecular flexibility index (Phi) is 4.70. The van der Waals surface area contributed by atoms with Crippen molar-refractivity contribution in [2.45, 2.75) is 32.6 Å². The van der Waals surface area contributed by atoms with E-state index >= 15 is 0 Å². The largest absolute Gasteiger partial charge is 0.334 e. The van der Waals surface area contributed by atoms with E-state index in [1.807, 2.05) is 32.4 Å². The summed E-state index contributed by atoms with van der Waals surface area (Å²) in [5.41, 5.74) is 3.65. The number of amides is 2. The number of aryl methyl sites for hydroxylation is 1. The fraction of sp³-hybridized carbons (Fsp3) is 0.250. The highest BCUT2D eigenvalue weighted by Crippen LogP contribution is 2.21. The number of rotatable bonds is 3. The van der Waals surface area contributed by atoms with Gasteiger partial charge in [0, 0.05) is 5.69 Å². The first-order valence-corrected chi connectivity index (χ1v) is 8.54. The smallest absolute Gasteiger partial charge is 0.291 e. The van der Waals surface area contributed by atoms with Gasteiger partial charge in [-0.1, -0.05) is 18.2 Å². The van der Waals surface area contributed by atoms with Crippen molar-refractivity contribution in [1.29, 1.82) is 0 Å². The molecule has 1 heterocycles. The lowest BCUT2D eigenvalue weighted by Gasteiger charge is -2.14. The van der Waals surface area contributed by atoms with Gasteiger partial charge in [-0.25, -0.2) is 22.9 Å². The molecule has 7 heteroatoms. The zero-order chi connectivity index (χ0) is 17.2. The van der Waals surface area contributed by atoms with Crippen molar-refractivity contribution in [3.05, 3.63) is 52.7 Å². The first kappa shape index (κ1) is 17.0. The van der Waals surface area contributed by atoms with Crippen LogP contribution in [0.4, 0.5) is 10.6 Å². The Labute approximate surface area is 136 Å². The highest BCUT2D eigenvalue weighted by Gasteiger charge is 2.18. The molecule has 0 saturated carbocycles. The highest BCUT2D eigenvalue weighted by molar-refractivity contribution is 7.90. The van der Waals surface area contributed by atoms with Gasteiger partial charge in [0.05, 0.1) is 4.90 Å². The first-order chi connectivity index (χ1) is 10.7. The molecule has 0 aliphatic heterocycles. The van der Waals surface area contributed by atoms with Crippen LogP contribution in [0.2, 0.25) is 0 Å². The van der Waals surface area contributed by atoms with Crippen LogP contribution in [0.15, 0.2) is 35.2 Å². The Bertz CT molecular complexity index is 847. The molecule has 122 valence electrons. The van der Waals surface area contributed by atoms with Crippen LogP contribution in [0.3, 0.4) is 0 Å². The van der Waals surface area contributed by atoms with Crippen molar-refractivity contribution < 1.29 is 13.2 Å². The molecular formula is C16H19N3O3S. The number of nitrogens with zero attached hydrogens (tertiary/aromatic N) is 1. The predicted octanol–water partition coefficient (Wildman–Crippen LogP) is 2.83. The van der Waals surface area contributed by atoms with E-state index in [-0.39, 0.29) is 4.90 Å². The van der Waals surface area contributed by atoms with E-state index in [4.69, 9.17) is 0 Å². The molecule has 0 radical (unpaired) electrons. The van der Waals surface area contributed by atoms with Gasteiger partial charge in [-0.05, 0) is 56.5 Å². The van der Waals surface area contributed by atoms with Crippen LogP contribution >= 0.6 is 0 Å². The maximum atomic E-state index is 12.1. The van der Waals surface area contributed by atoms with Gasteiger partial charge in [-0.3, -0.25) is 5.32 Å². The number of carbonyl (C=O) groups is 1. The second kappa shape index (κ2) is 6.37. The van der Waals surface area contributed by atoms with E-state index in [1.54, 1.807) is 18.2 Å². The molecule has 0 fully saturated rings. The summed E-state index contributed by atoms with van der Waals surface area (Å²) in [4.78, 5) is 16.4. The van der Waals surface area contributed by atoms with Crippen LogP contribution < -0.4 is 10.0 Å². The maximum absolute atomic E-state index is 12.1. The van der Waals surface area contributed by atoms with Crippen molar-refractivity contribution in [3.63, 3.8) is 0 Å². The summed E-state index contributed by atoms with van der Waals surface area (Å²) in [6, 6.07) is 6.87. The van der Waals surface area contributed by atoms with E-state index in [9.17, 15) is 13.2 Å². The minimum Gasteiger partial charge on any atom is -0.291 e. The van der Waals surface area contributed by atoms with E-state index in [0.717, 1.165) is 22.4 Å². The molecule has 2 rings (SSSR count). The molecule has 2 amide bonds. The molecule has 1 aromatic carbocycles. The summed E-state index contributed by atoms with van der Waals surface area (Å²) < 4.78 is 26.2. The van der Waals surface area contributed by atoms with Gasteiger partial charge in [0.15, 0.2) is 0 Å². The Hall–Kier alpha value is -2.41. The minimum atomic E-state index is -3.91. The van der Waals surface area contributed by atoms with Crippen LogP contribution in [-0.2, 0) is 10.0 Å². The van der Waals surface area contributed by atoms with E-state index in [2.05, 4.69) is 10.3 Å². The third-order valence-electron chi connectivity index (χ3n) is 3.81. The van der Waals surface area contributed by atoms with E-state index in [1.165, 1.54) is 12.1 Å². The number of nitrogens with one attached hydrogen (secondary N) is 2. The number of sulfonamides is 1. The second-order valence-corrected chi connectivity index (χ2v) is 6.98. The van der Waals surface area contributed by atoms with Gasteiger partial charge >= 0.3 is 6.03 Å². The average Bonchev–Trinajstić information content (AvgIpc) is 2.51. The van der Waals surface area contributed by atoms with Gasteiger partial charge in [-0.2, -0.15) is 0 Å². The van der Waals surface area contributed by atoms with Crippen LogP contribution in [0.1, 0.15) is 22.4 Å². The molecule has 0 atom stereocenters. The quantitative estimate of drug-likeness (QED) is 0.904. The summed E-state index contributed by atoms with van der Waals surface area (Å²) in [5, 5.41) is 2.50. The van der Waals surface area contributed by atoms with Crippen molar-refractivity contribution in [2.75, 3.05) is 5.32 Å². The summed E-state index contributed by atoms with van der Waals surface area (Å²) in [6.07, 6.45) is 0. The first-order valence-electron chi connectivity index (χ1n) is 7.05. The van der Waals surface area contributed by atoms with E-state index < -0.39 is 16.1 Å². The molecule has 0 aliphatic rings. The number of urea groups is 1. The third kappa shape index (κ3) is 3.68. The van der Waals surface area contributed by atoms with Crippen molar-refractivity contribution >= 4 is 21.9 Å². The van der Waals surface area contributed by atoms with Gasteiger partial charge in [-0.15, -0.1) is 0 Å². The van der Waals surface area contributed by atoms with Gasteiger partial charge in [0.2, 0.25) is 0 Å². The second-order valence-electron chi connectivity index (χ2n) is 5.29.